The van der Waals surface area contributed by atoms with Crippen molar-refractivity contribution >= 4 is 39.0 Å². The molecule has 0 radical (unpaired) electrons. The number of hydrogen-bond donors (Lipinski definition) is 0. The predicted octanol–water partition coefficient (Wildman–Crippen LogP) is 3.63. The molecule has 3 aliphatic rings. The van der Waals surface area contributed by atoms with E-state index in [1.165, 1.54) is 50.1 Å². The van der Waals surface area contributed by atoms with Crippen LogP contribution in [0.1, 0.15) is 37.0 Å². The number of ether oxygens (including phenoxy) is 1. The van der Waals surface area contributed by atoms with Crippen LogP contribution in [0, 0.1) is 0 Å². The van der Waals surface area contributed by atoms with Crippen LogP contribution < -0.4 is 4.90 Å². The Morgan fingerprint density at radius 3 is 2.52 bits per heavy atom. The Balaban J connectivity index is 1.26. The van der Waals surface area contributed by atoms with Gasteiger partial charge in [0.1, 0.15) is 0 Å². The van der Waals surface area contributed by atoms with Crippen LogP contribution in [0.25, 0.3) is 10.2 Å². The second-order valence-corrected chi connectivity index (χ2v) is 10.1. The van der Waals surface area contributed by atoms with Gasteiger partial charge in [-0.15, -0.1) is 11.3 Å². The van der Waals surface area contributed by atoms with Crippen molar-refractivity contribution in [2.45, 2.75) is 50.7 Å². The first kappa shape index (κ1) is 19.9. The molecule has 0 amide bonds. The van der Waals surface area contributed by atoms with Gasteiger partial charge in [0, 0.05) is 49.7 Å². The average molecular weight is 436 g/mol. The van der Waals surface area contributed by atoms with Gasteiger partial charge in [-0.3, -0.25) is 4.90 Å². The van der Waals surface area contributed by atoms with Crippen LogP contribution in [0.3, 0.4) is 0 Å². The molecule has 0 unspecified atom stereocenters. The fourth-order valence-electron chi connectivity index (χ4n) is 4.80. The Morgan fingerprint density at radius 2 is 1.83 bits per heavy atom. The lowest BCUT2D eigenvalue weighted by Crippen LogP contribution is -2.48. The quantitative estimate of drug-likeness (QED) is 0.668. The molecule has 1 aliphatic carbocycles. The van der Waals surface area contributed by atoms with E-state index in [4.69, 9.17) is 16.3 Å². The highest BCUT2D eigenvalue weighted by Crippen LogP contribution is 2.34. The van der Waals surface area contributed by atoms with Crippen molar-refractivity contribution in [3.05, 3.63) is 16.2 Å². The minimum atomic E-state index is 0.336. The average Bonchev–Trinajstić information content (AvgIpc) is 3.09. The summed E-state index contributed by atoms with van der Waals surface area (Å²) in [4.78, 5) is 18.0. The summed E-state index contributed by atoms with van der Waals surface area (Å²) in [6.45, 7) is 6.56. The number of nitrogens with zero attached hydrogens (tertiary/aromatic N) is 5. The zero-order valence-electron chi connectivity index (χ0n) is 17.1. The minimum absolute atomic E-state index is 0.336. The van der Waals surface area contributed by atoms with Gasteiger partial charge in [0.25, 0.3) is 0 Å². The molecule has 0 atom stereocenters. The lowest BCUT2D eigenvalue weighted by molar-refractivity contribution is 0.0618. The smallest absolute Gasteiger partial charge is 0.224 e. The van der Waals surface area contributed by atoms with Gasteiger partial charge in [-0.25, -0.2) is 4.98 Å². The summed E-state index contributed by atoms with van der Waals surface area (Å²) in [6, 6.07) is 3.82. The number of fused-ring (bicyclic) bond motifs is 1. The van der Waals surface area contributed by atoms with Crippen molar-refractivity contribution in [2.75, 3.05) is 51.3 Å². The Kier molecular flexibility index (Phi) is 5.94. The Bertz CT molecular complexity index is 843. The number of aromatic nitrogens is 2. The van der Waals surface area contributed by atoms with Gasteiger partial charge in [0.15, 0.2) is 5.82 Å². The lowest BCUT2D eigenvalue weighted by atomic mass is 9.89. The molecule has 0 N–H and O–H groups in total. The number of morpholine rings is 1. The molecule has 0 bridgehead atoms. The molecular formula is C21H30ClN5OS. The van der Waals surface area contributed by atoms with Gasteiger partial charge in [-0.1, -0.05) is 6.42 Å². The number of halogens is 1. The molecule has 2 aromatic heterocycles. The van der Waals surface area contributed by atoms with E-state index in [2.05, 4.69) is 37.8 Å². The van der Waals surface area contributed by atoms with E-state index in [-0.39, 0.29) is 0 Å². The third-order valence-electron chi connectivity index (χ3n) is 6.85. The first-order valence-corrected chi connectivity index (χ1v) is 12.1. The number of anilines is 1. The maximum atomic E-state index is 6.24. The lowest BCUT2D eigenvalue weighted by Gasteiger charge is -2.43. The Hall–Kier alpha value is -0.990. The van der Waals surface area contributed by atoms with Gasteiger partial charge < -0.3 is 14.5 Å². The van der Waals surface area contributed by atoms with E-state index >= 15 is 0 Å². The van der Waals surface area contributed by atoms with Crippen molar-refractivity contribution in [1.29, 1.82) is 0 Å². The minimum Gasteiger partial charge on any atom is -0.378 e. The maximum absolute atomic E-state index is 6.24. The third-order valence-corrected chi connectivity index (χ3v) is 8.13. The molecule has 0 aromatic carbocycles. The molecule has 5 rings (SSSR count). The zero-order chi connectivity index (χ0) is 19.8. The molecule has 0 spiro atoms. The Morgan fingerprint density at radius 1 is 1.10 bits per heavy atom. The molecule has 6 nitrogen and oxygen atoms in total. The van der Waals surface area contributed by atoms with Crippen molar-refractivity contribution < 1.29 is 4.74 Å². The van der Waals surface area contributed by atoms with Crippen molar-refractivity contribution in [3.63, 3.8) is 0 Å². The second kappa shape index (κ2) is 8.63. The number of likely N-dealkylation sites (tertiary alicyclic amines) is 1. The molecule has 3 fully saturated rings. The summed E-state index contributed by atoms with van der Waals surface area (Å²) in [5.41, 5.74) is 0.978. The summed E-state index contributed by atoms with van der Waals surface area (Å²) < 4.78 is 6.65. The fraction of sp³-hybridized carbons (Fsp3) is 0.714. The number of thiophene rings is 1. The third kappa shape index (κ3) is 4.26. The molecule has 29 heavy (non-hydrogen) atoms. The Labute approximate surface area is 181 Å². The first-order chi connectivity index (χ1) is 14.2. The van der Waals surface area contributed by atoms with E-state index in [0.29, 0.717) is 5.28 Å². The SMILES string of the molecule is CN(C1CCC1)C1CCN(Cc2cc3nc(Cl)nc(N4CCOCC4)c3s2)CC1. The molecule has 1 saturated carbocycles. The van der Waals surface area contributed by atoms with Crippen molar-refractivity contribution in [3.8, 4) is 0 Å². The topological polar surface area (TPSA) is 44.7 Å². The monoisotopic (exact) mass is 435 g/mol. The van der Waals surface area contributed by atoms with Gasteiger partial charge in [-0.05, 0) is 50.4 Å². The second-order valence-electron chi connectivity index (χ2n) is 8.60. The van der Waals surface area contributed by atoms with E-state index in [1.807, 2.05) is 11.3 Å². The molecule has 158 valence electrons. The van der Waals surface area contributed by atoms with Crippen molar-refractivity contribution in [1.82, 2.24) is 19.8 Å². The van der Waals surface area contributed by atoms with Crippen LogP contribution in [-0.2, 0) is 11.3 Å². The van der Waals surface area contributed by atoms with Crippen molar-refractivity contribution in [2.24, 2.45) is 0 Å². The predicted molar refractivity (Wildman–Crippen MR) is 119 cm³/mol. The van der Waals surface area contributed by atoms with Gasteiger partial charge in [-0.2, -0.15) is 4.98 Å². The highest BCUT2D eigenvalue weighted by molar-refractivity contribution is 7.19. The normalized spacial score (nSPS) is 22.5. The largest absolute Gasteiger partial charge is 0.378 e. The highest BCUT2D eigenvalue weighted by Gasteiger charge is 2.30. The highest BCUT2D eigenvalue weighted by atomic mass is 35.5. The van der Waals surface area contributed by atoms with Crippen LogP contribution in [0.5, 0.6) is 0 Å². The van der Waals surface area contributed by atoms with Crippen LogP contribution in [0.2, 0.25) is 5.28 Å². The molecule has 2 aromatic rings. The van der Waals surface area contributed by atoms with Crippen LogP contribution in [-0.4, -0.2) is 78.3 Å². The zero-order valence-corrected chi connectivity index (χ0v) is 18.7. The summed E-state index contributed by atoms with van der Waals surface area (Å²) in [5.74, 6) is 0.973. The van der Waals surface area contributed by atoms with Gasteiger partial charge >= 0.3 is 0 Å². The standard InChI is InChI=1S/C21H30ClN5OS/c1-25(15-3-2-4-15)16-5-7-26(8-6-16)14-17-13-18-19(29-17)20(24-21(22)23-18)27-9-11-28-12-10-27/h13,15-16H,2-12,14H2,1H3. The summed E-state index contributed by atoms with van der Waals surface area (Å²) in [7, 11) is 2.34. The summed E-state index contributed by atoms with van der Waals surface area (Å²) >= 11 is 8.07. The summed E-state index contributed by atoms with van der Waals surface area (Å²) in [5, 5.41) is 0.336. The molecule has 2 aliphatic heterocycles. The van der Waals surface area contributed by atoms with E-state index in [0.717, 1.165) is 61.0 Å². The summed E-state index contributed by atoms with van der Waals surface area (Å²) in [6.07, 6.45) is 6.77. The number of hydrogen-bond acceptors (Lipinski definition) is 7. The van der Waals surface area contributed by atoms with Crippen LogP contribution in [0.15, 0.2) is 6.07 Å². The number of rotatable bonds is 5. The first-order valence-electron chi connectivity index (χ1n) is 10.9. The van der Waals surface area contributed by atoms with E-state index in [1.54, 1.807) is 0 Å². The van der Waals surface area contributed by atoms with E-state index < -0.39 is 0 Å². The molecular weight excluding hydrogens is 406 g/mol. The van der Waals surface area contributed by atoms with E-state index in [9.17, 15) is 0 Å². The number of piperidine rings is 1. The molecule has 8 heteroatoms. The van der Waals surface area contributed by atoms with Crippen LogP contribution in [0.4, 0.5) is 5.82 Å². The fourth-order valence-corrected chi connectivity index (χ4v) is 6.13. The van der Waals surface area contributed by atoms with Gasteiger partial charge in [0.2, 0.25) is 5.28 Å². The molecule has 2 saturated heterocycles. The van der Waals surface area contributed by atoms with Gasteiger partial charge in [0.05, 0.1) is 23.4 Å². The maximum Gasteiger partial charge on any atom is 0.224 e. The van der Waals surface area contributed by atoms with Crippen LogP contribution >= 0.6 is 22.9 Å². The molecule has 4 heterocycles.